The molecule has 0 fully saturated rings. The van der Waals surface area contributed by atoms with Gasteiger partial charge in [-0.05, 0) is 13.1 Å². The summed E-state index contributed by atoms with van der Waals surface area (Å²) in [5, 5.41) is 15.6. The highest BCUT2D eigenvalue weighted by molar-refractivity contribution is 5.75. The molecular formula is C13H29N3O3. The lowest BCUT2D eigenvalue weighted by Crippen LogP contribution is -2.39. The van der Waals surface area contributed by atoms with Gasteiger partial charge in [-0.3, -0.25) is 4.79 Å². The van der Waals surface area contributed by atoms with Crippen molar-refractivity contribution in [2.45, 2.75) is 26.4 Å². The molecule has 3 N–H and O–H groups in total. The number of nitrogens with zero attached hydrogens (tertiary/aromatic N) is 1. The summed E-state index contributed by atoms with van der Waals surface area (Å²) in [5.74, 6) is 0.00258. The first-order chi connectivity index (χ1) is 9.13. The topological polar surface area (TPSA) is 73.8 Å². The molecule has 0 aliphatic carbocycles. The summed E-state index contributed by atoms with van der Waals surface area (Å²) in [4.78, 5) is 13.5. The number of aliphatic hydroxyl groups excluding tert-OH is 1. The number of likely N-dealkylation sites (N-methyl/N-ethyl adjacent to an activating group) is 1. The normalized spacial score (nSPS) is 12.7. The number of hydrogen-bond acceptors (Lipinski definition) is 5. The minimum Gasteiger partial charge on any atom is -0.390 e. The summed E-state index contributed by atoms with van der Waals surface area (Å²) < 4.78 is 4.84. The highest BCUT2D eigenvalue weighted by Gasteiger charge is 2.08. The number of carbonyl (C=O) groups excluding carboxylic acids is 1. The minimum absolute atomic E-state index is 0.00258. The molecule has 0 saturated carbocycles. The average molecular weight is 275 g/mol. The molecule has 0 rings (SSSR count). The van der Waals surface area contributed by atoms with Gasteiger partial charge in [-0.2, -0.15) is 0 Å². The van der Waals surface area contributed by atoms with Gasteiger partial charge in [0.15, 0.2) is 0 Å². The van der Waals surface area contributed by atoms with Crippen molar-refractivity contribution >= 4 is 5.91 Å². The summed E-state index contributed by atoms with van der Waals surface area (Å²) >= 11 is 0. The van der Waals surface area contributed by atoms with Gasteiger partial charge in [0.25, 0.3) is 0 Å². The third kappa shape index (κ3) is 10.9. The van der Waals surface area contributed by atoms with Crippen LogP contribution in [0.25, 0.3) is 0 Å². The van der Waals surface area contributed by atoms with Gasteiger partial charge < -0.3 is 25.4 Å². The molecule has 1 atom stereocenters. The van der Waals surface area contributed by atoms with Crippen molar-refractivity contribution in [3.05, 3.63) is 0 Å². The quantitative estimate of drug-likeness (QED) is 0.416. The molecule has 0 heterocycles. The van der Waals surface area contributed by atoms with Gasteiger partial charge in [0.2, 0.25) is 5.91 Å². The third-order valence-electron chi connectivity index (χ3n) is 2.90. The van der Waals surface area contributed by atoms with Crippen LogP contribution in [0.1, 0.15) is 20.3 Å². The molecule has 0 aliphatic rings. The largest absolute Gasteiger partial charge is 0.390 e. The molecule has 114 valence electrons. The molecule has 0 saturated heterocycles. The molecule has 0 aromatic heterocycles. The number of amides is 1. The second kappa shape index (κ2) is 12.3. The lowest BCUT2D eigenvalue weighted by atomic mass is 10.3. The van der Waals surface area contributed by atoms with Crippen LogP contribution < -0.4 is 10.6 Å². The molecule has 1 unspecified atom stereocenters. The van der Waals surface area contributed by atoms with Crippen LogP contribution in [-0.2, 0) is 9.53 Å². The van der Waals surface area contributed by atoms with E-state index in [4.69, 9.17) is 4.74 Å². The first-order valence-electron chi connectivity index (χ1n) is 7.00. The zero-order chi connectivity index (χ0) is 14.5. The Labute approximate surface area is 116 Å². The minimum atomic E-state index is -0.392. The number of methoxy groups -OCH3 is 1. The molecule has 1 amide bonds. The fourth-order valence-corrected chi connectivity index (χ4v) is 1.70. The Morgan fingerprint density at radius 1 is 1.32 bits per heavy atom. The molecule has 6 heteroatoms. The monoisotopic (exact) mass is 275 g/mol. The van der Waals surface area contributed by atoms with Gasteiger partial charge >= 0.3 is 0 Å². The van der Waals surface area contributed by atoms with Gasteiger partial charge in [-0.25, -0.2) is 0 Å². The van der Waals surface area contributed by atoms with Crippen LogP contribution in [-0.4, -0.2) is 75.0 Å². The van der Waals surface area contributed by atoms with E-state index in [2.05, 4.69) is 29.4 Å². The molecule has 0 spiro atoms. The van der Waals surface area contributed by atoms with Crippen molar-refractivity contribution in [2.24, 2.45) is 0 Å². The summed E-state index contributed by atoms with van der Waals surface area (Å²) in [5.41, 5.74) is 0. The summed E-state index contributed by atoms with van der Waals surface area (Å²) in [6.45, 7) is 8.87. The number of carbonyl (C=O) groups is 1. The number of rotatable bonds is 12. The summed E-state index contributed by atoms with van der Waals surface area (Å²) in [7, 11) is 1.60. The van der Waals surface area contributed by atoms with Gasteiger partial charge in [-0.15, -0.1) is 0 Å². The Hall–Kier alpha value is -0.690. The zero-order valence-corrected chi connectivity index (χ0v) is 12.4. The summed E-state index contributed by atoms with van der Waals surface area (Å²) in [6.07, 6.45) is 0.0262. The van der Waals surface area contributed by atoms with E-state index in [1.54, 1.807) is 7.11 Å². The highest BCUT2D eigenvalue weighted by Crippen LogP contribution is 1.91. The second-order valence-electron chi connectivity index (χ2n) is 4.44. The molecule has 0 radical (unpaired) electrons. The molecular weight excluding hydrogens is 246 g/mol. The van der Waals surface area contributed by atoms with E-state index in [1.165, 1.54) is 0 Å². The SMILES string of the molecule is CCN(CC)CC(O)CNCCC(=O)NCCOC. The fraction of sp³-hybridized carbons (Fsp3) is 0.923. The first-order valence-corrected chi connectivity index (χ1v) is 7.00. The molecule has 0 aromatic rings. The van der Waals surface area contributed by atoms with Crippen molar-refractivity contribution in [3.63, 3.8) is 0 Å². The molecule has 0 bridgehead atoms. The van der Waals surface area contributed by atoms with E-state index in [9.17, 15) is 9.90 Å². The predicted octanol–water partition coefficient (Wildman–Crippen LogP) is -0.569. The van der Waals surface area contributed by atoms with Crippen LogP contribution in [0, 0.1) is 0 Å². The lowest BCUT2D eigenvalue weighted by Gasteiger charge is -2.22. The third-order valence-corrected chi connectivity index (χ3v) is 2.90. The second-order valence-corrected chi connectivity index (χ2v) is 4.44. The van der Waals surface area contributed by atoms with Crippen molar-refractivity contribution < 1.29 is 14.6 Å². The van der Waals surface area contributed by atoms with Gasteiger partial charge in [-0.1, -0.05) is 13.8 Å². The zero-order valence-electron chi connectivity index (χ0n) is 12.4. The number of aliphatic hydroxyl groups is 1. The first kappa shape index (κ1) is 18.3. The Bertz CT molecular complexity index is 223. The summed E-state index contributed by atoms with van der Waals surface area (Å²) in [6, 6.07) is 0. The highest BCUT2D eigenvalue weighted by atomic mass is 16.5. The van der Waals surface area contributed by atoms with E-state index in [1.807, 2.05) is 0 Å². The Balaban J connectivity index is 3.49. The molecule has 6 nitrogen and oxygen atoms in total. The molecule has 0 aliphatic heterocycles. The van der Waals surface area contributed by atoms with Crippen LogP contribution in [0.2, 0.25) is 0 Å². The van der Waals surface area contributed by atoms with Crippen molar-refractivity contribution in [1.82, 2.24) is 15.5 Å². The number of nitrogens with one attached hydrogen (secondary N) is 2. The van der Waals surface area contributed by atoms with Gasteiger partial charge in [0.05, 0.1) is 12.7 Å². The van der Waals surface area contributed by atoms with Gasteiger partial charge in [0, 0.05) is 39.7 Å². The maximum atomic E-state index is 11.4. The average Bonchev–Trinajstić information content (AvgIpc) is 2.41. The Morgan fingerprint density at radius 3 is 2.58 bits per heavy atom. The Kier molecular flexibility index (Phi) is 11.9. The fourth-order valence-electron chi connectivity index (χ4n) is 1.70. The van der Waals surface area contributed by atoms with Crippen molar-refractivity contribution in [3.8, 4) is 0 Å². The predicted molar refractivity (Wildman–Crippen MR) is 76.2 cm³/mol. The van der Waals surface area contributed by atoms with E-state index in [0.717, 1.165) is 13.1 Å². The molecule has 19 heavy (non-hydrogen) atoms. The van der Waals surface area contributed by atoms with E-state index in [0.29, 0.717) is 39.2 Å². The maximum Gasteiger partial charge on any atom is 0.221 e. The van der Waals surface area contributed by atoms with Crippen LogP contribution in [0.3, 0.4) is 0 Å². The smallest absolute Gasteiger partial charge is 0.221 e. The van der Waals surface area contributed by atoms with Crippen molar-refractivity contribution in [1.29, 1.82) is 0 Å². The Morgan fingerprint density at radius 2 is 2.00 bits per heavy atom. The van der Waals surface area contributed by atoms with Crippen LogP contribution >= 0.6 is 0 Å². The van der Waals surface area contributed by atoms with Crippen LogP contribution in [0.5, 0.6) is 0 Å². The van der Waals surface area contributed by atoms with E-state index in [-0.39, 0.29) is 5.91 Å². The maximum absolute atomic E-state index is 11.4. The van der Waals surface area contributed by atoms with Gasteiger partial charge in [0.1, 0.15) is 0 Å². The lowest BCUT2D eigenvalue weighted by molar-refractivity contribution is -0.121. The standard InChI is InChI=1S/C13H29N3O3/c1-4-16(5-2)11-12(17)10-14-7-6-13(18)15-8-9-19-3/h12,14,17H,4-11H2,1-3H3,(H,15,18). The van der Waals surface area contributed by atoms with Crippen LogP contribution in [0.15, 0.2) is 0 Å². The molecule has 0 aromatic carbocycles. The number of hydrogen-bond donors (Lipinski definition) is 3. The van der Waals surface area contributed by atoms with E-state index >= 15 is 0 Å². The van der Waals surface area contributed by atoms with E-state index < -0.39 is 6.10 Å². The van der Waals surface area contributed by atoms with Crippen molar-refractivity contribution in [2.75, 3.05) is 53.0 Å². The number of ether oxygens (including phenoxy) is 1. The van der Waals surface area contributed by atoms with Crippen LogP contribution in [0.4, 0.5) is 0 Å².